The maximum absolute atomic E-state index is 11.9. The van der Waals surface area contributed by atoms with Crippen molar-refractivity contribution in [2.75, 3.05) is 13.2 Å². The molecule has 0 heterocycles. The number of hydrogen-bond acceptors (Lipinski definition) is 5. The van der Waals surface area contributed by atoms with Crippen molar-refractivity contribution in [3.05, 3.63) is 0 Å². The van der Waals surface area contributed by atoms with Gasteiger partial charge >= 0.3 is 11.9 Å². The van der Waals surface area contributed by atoms with Gasteiger partial charge < -0.3 is 14.6 Å². The molecule has 1 N–H and O–H groups in total. The summed E-state index contributed by atoms with van der Waals surface area (Å²) in [5.41, 5.74) is 0. The maximum Gasteiger partial charge on any atom is 0.305 e. The van der Waals surface area contributed by atoms with E-state index in [9.17, 15) is 14.7 Å². The van der Waals surface area contributed by atoms with Gasteiger partial charge in [0.1, 0.15) is 19.3 Å². The van der Waals surface area contributed by atoms with Crippen LogP contribution in [0.5, 0.6) is 0 Å². The number of carbonyl (C=O) groups excluding carboxylic acids is 2. The fourth-order valence-corrected chi connectivity index (χ4v) is 4.87. The number of rotatable bonds is 29. The first-order valence-corrected chi connectivity index (χ1v) is 16.8. The number of aliphatic hydroxyl groups is 1. The van der Waals surface area contributed by atoms with Crippen LogP contribution in [-0.4, -0.2) is 36.4 Å². The Morgan fingerprint density at radius 3 is 1.00 bits per heavy atom. The van der Waals surface area contributed by atoms with E-state index in [1.807, 2.05) is 0 Å². The SMILES string of the molecule is CC(C)CCCCCCCCCCCCC(=O)OC[C@@H](O)COC(=O)CCCCCCCCCCCC(C)C. The van der Waals surface area contributed by atoms with Crippen LogP contribution in [0, 0.1) is 11.8 Å². The van der Waals surface area contributed by atoms with Crippen LogP contribution in [0.3, 0.4) is 0 Å². The van der Waals surface area contributed by atoms with Crippen molar-refractivity contribution in [3.63, 3.8) is 0 Å². The molecule has 0 spiro atoms. The largest absolute Gasteiger partial charge is 0.463 e. The molecule has 39 heavy (non-hydrogen) atoms. The molecule has 0 unspecified atom stereocenters. The predicted molar refractivity (Wildman–Crippen MR) is 164 cm³/mol. The van der Waals surface area contributed by atoms with Crippen molar-refractivity contribution >= 4 is 11.9 Å². The molecule has 0 aromatic carbocycles. The van der Waals surface area contributed by atoms with E-state index >= 15 is 0 Å². The highest BCUT2D eigenvalue weighted by Crippen LogP contribution is 2.15. The number of carbonyl (C=O) groups is 2. The minimum atomic E-state index is -0.955. The minimum absolute atomic E-state index is 0.110. The quantitative estimate of drug-likeness (QED) is 0.0736. The molecule has 0 aliphatic rings. The zero-order valence-electron chi connectivity index (χ0n) is 26.5. The number of esters is 2. The van der Waals surface area contributed by atoms with Crippen LogP contribution in [0.4, 0.5) is 0 Å². The summed E-state index contributed by atoms with van der Waals surface area (Å²) in [6.07, 6.45) is 25.8. The van der Waals surface area contributed by atoms with Crippen LogP contribution in [0.2, 0.25) is 0 Å². The van der Waals surface area contributed by atoms with E-state index in [1.54, 1.807) is 0 Å². The Kier molecular flexibility index (Phi) is 27.6. The fraction of sp³-hybridized carbons (Fsp3) is 0.941. The molecule has 0 aliphatic heterocycles. The molecule has 0 aromatic heterocycles. The zero-order valence-corrected chi connectivity index (χ0v) is 26.5. The first-order chi connectivity index (χ1) is 18.8. The van der Waals surface area contributed by atoms with Gasteiger partial charge in [-0.1, -0.05) is 150 Å². The summed E-state index contributed by atoms with van der Waals surface area (Å²) >= 11 is 0. The highest BCUT2D eigenvalue weighted by molar-refractivity contribution is 5.69. The maximum atomic E-state index is 11.9. The number of unbranched alkanes of at least 4 members (excludes halogenated alkanes) is 17. The summed E-state index contributed by atoms with van der Waals surface area (Å²) < 4.78 is 10.3. The molecule has 1 atom stereocenters. The second-order valence-corrected chi connectivity index (χ2v) is 12.6. The Bertz CT molecular complexity index is 546. The van der Waals surface area contributed by atoms with Crippen LogP contribution < -0.4 is 0 Å². The van der Waals surface area contributed by atoms with Crippen molar-refractivity contribution < 1.29 is 24.2 Å². The van der Waals surface area contributed by atoms with Gasteiger partial charge in [0.25, 0.3) is 0 Å². The molecule has 0 saturated carbocycles. The van der Waals surface area contributed by atoms with Gasteiger partial charge in [0.2, 0.25) is 0 Å². The molecule has 0 aliphatic carbocycles. The molecule has 0 bridgehead atoms. The van der Waals surface area contributed by atoms with Crippen LogP contribution in [0.15, 0.2) is 0 Å². The van der Waals surface area contributed by atoms with Gasteiger partial charge in [0.05, 0.1) is 0 Å². The summed E-state index contributed by atoms with van der Waals surface area (Å²) in [4.78, 5) is 23.8. The standard InChI is InChI=1S/C34H66O5/c1-30(2)24-20-16-12-8-5-6-10-14-18-22-26-33(36)38-28-32(35)29-39-34(37)27-23-19-15-11-7-9-13-17-21-25-31(3)4/h30-32,35H,5-29H2,1-4H3/t32-/m1/s1. The van der Waals surface area contributed by atoms with Gasteiger partial charge in [0, 0.05) is 12.8 Å². The van der Waals surface area contributed by atoms with Crippen LogP contribution in [0.1, 0.15) is 175 Å². The lowest BCUT2D eigenvalue weighted by Gasteiger charge is -2.12. The first-order valence-electron chi connectivity index (χ1n) is 16.8. The lowest BCUT2D eigenvalue weighted by molar-refractivity contribution is -0.152. The van der Waals surface area contributed by atoms with E-state index in [4.69, 9.17) is 9.47 Å². The molecule has 0 rings (SSSR count). The summed E-state index contributed by atoms with van der Waals surface area (Å²) in [6, 6.07) is 0. The summed E-state index contributed by atoms with van der Waals surface area (Å²) in [5.74, 6) is 1.09. The average Bonchev–Trinajstić information content (AvgIpc) is 2.89. The lowest BCUT2D eigenvalue weighted by atomic mass is 10.0. The monoisotopic (exact) mass is 554 g/mol. The number of hydrogen-bond donors (Lipinski definition) is 1. The normalized spacial score (nSPS) is 12.3. The van der Waals surface area contributed by atoms with E-state index in [0.717, 1.165) is 50.4 Å². The van der Waals surface area contributed by atoms with E-state index in [-0.39, 0.29) is 25.2 Å². The van der Waals surface area contributed by atoms with Crippen LogP contribution in [-0.2, 0) is 19.1 Å². The lowest BCUT2D eigenvalue weighted by Crippen LogP contribution is -2.25. The van der Waals surface area contributed by atoms with E-state index < -0.39 is 6.10 Å². The van der Waals surface area contributed by atoms with Gasteiger partial charge in [-0.3, -0.25) is 9.59 Å². The van der Waals surface area contributed by atoms with Crippen LogP contribution >= 0.6 is 0 Å². The number of ether oxygens (including phenoxy) is 2. The molecule has 5 heteroatoms. The molecular weight excluding hydrogens is 488 g/mol. The average molecular weight is 555 g/mol. The molecule has 0 aromatic rings. The highest BCUT2D eigenvalue weighted by Gasteiger charge is 2.12. The second kappa shape index (κ2) is 28.4. The summed E-state index contributed by atoms with van der Waals surface area (Å²) in [6.45, 7) is 8.95. The Hall–Kier alpha value is -1.10. The Morgan fingerprint density at radius 1 is 0.462 bits per heavy atom. The Morgan fingerprint density at radius 2 is 0.718 bits per heavy atom. The Balaban J connectivity index is 3.42. The third kappa shape index (κ3) is 31.3. The Labute approximate surface area is 242 Å². The highest BCUT2D eigenvalue weighted by atomic mass is 16.6. The third-order valence-corrected chi connectivity index (χ3v) is 7.45. The first kappa shape index (κ1) is 37.9. The van der Waals surface area contributed by atoms with Gasteiger partial charge in [0.15, 0.2) is 0 Å². The minimum Gasteiger partial charge on any atom is -0.463 e. The molecule has 0 radical (unpaired) electrons. The molecule has 0 amide bonds. The van der Waals surface area contributed by atoms with Crippen molar-refractivity contribution in [1.82, 2.24) is 0 Å². The third-order valence-electron chi connectivity index (χ3n) is 7.45. The van der Waals surface area contributed by atoms with E-state index in [1.165, 1.54) is 96.3 Å². The number of aliphatic hydroxyl groups excluding tert-OH is 1. The summed E-state index contributed by atoms with van der Waals surface area (Å²) in [7, 11) is 0. The molecule has 232 valence electrons. The molecule has 5 nitrogen and oxygen atoms in total. The van der Waals surface area contributed by atoms with Gasteiger partial charge in [-0.05, 0) is 24.7 Å². The van der Waals surface area contributed by atoms with Gasteiger partial charge in [-0.2, -0.15) is 0 Å². The van der Waals surface area contributed by atoms with Crippen LogP contribution in [0.25, 0.3) is 0 Å². The van der Waals surface area contributed by atoms with Gasteiger partial charge in [-0.25, -0.2) is 0 Å². The van der Waals surface area contributed by atoms with Crippen molar-refractivity contribution in [3.8, 4) is 0 Å². The predicted octanol–water partition coefficient (Wildman–Crippen LogP) is 9.72. The van der Waals surface area contributed by atoms with E-state index in [2.05, 4.69) is 27.7 Å². The molecular formula is C34H66O5. The second-order valence-electron chi connectivity index (χ2n) is 12.6. The zero-order chi connectivity index (χ0) is 29.0. The smallest absolute Gasteiger partial charge is 0.305 e. The summed E-state index contributed by atoms with van der Waals surface area (Å²) in [5, 5.41) is 9.95. The van der Waals surface area contributed by atoms with Crippen molar-refractivity contribution in [2.45, 2.75) is 181 Å². The molecule has 0 fully saturated rings. The van der Waals surface area contributed by atoms with Crippen molar-refractivity contribution in [1.29, 1.82) is 0 Å². The van der Waals surface area contributed by atoms with Crippen molar-refractivity contribution in [2.24, 2.45) is 11.8 Å². The van der Waals surface area contributed by atoms with E-state index in [0.29, 0.717) is 12.8 Å². The molecule has 0 saturated heterocycles. The topological polar surface area (TPSA) is 72.8 Å². The van der Waals surface area contributed by atoms with Gasteiger partial charge in [-0.15, -0.1) is 0 Å². The fourth-order valence-electron chi connectivity index (χ4n) is 4.87.